The van der Waals surface area contributed by atoms with E-state index in [1.165, 1.54) is 0 Å². The largest absolute Gasteiger partial charge is 0.477 e. The molecule has 1 rings (SSSR count). The van der Waals surface area contributed by atoms with Gasteiger partial charge in [-0.1, -0.05) is 83.6 Å². The summed E-state index contributed by atoms with van der Waals surface area (Å²) in [7, 11) is 0. The number of allylic oxidation sites excluding steroid dienone is 5. The van der Waals surface area contributed by atoms with Gasteiger partial charge in [0.2, 0.25) is 0 Å². The fourth-order valence-corrected chi connectivity index (χ4v) is 4.20. The van der Waals surface area contributed by atoms with E-state index in [-0.39, 0.29) is 5.92 Å². The molecular weight excluding hydrogens is 340 g/mol. The lowest BCUT2D eigenvalue weighted by atomic mass is 9.61. The molecule has 2 N–H and O–H groups in total. The van der Waals surface area contributed by atoms with E-state index in [1.54, 1.807) is 0 Å². The number of hydrogen-bond acceptors (Lipinski definition) is 2. The fraction of sp³-hybridized carbons (Fsp3) is 0.652. The van der Waals surface area contributed by atoms with Crippen molar-refractivity contribution in [3.63, 3.8) is 0 Å². The molecule has 0 radical (unpaired) electrons. The summed E-state index contributed by atoms with van der Waals surface area (Å²) in [5.41, 5.74) is -0.302. The first-order valence-electron chi connectivity index (χ1n) is 10.5. The Morgan fingerprint density at radius 2 is 1.52 bits per heavy atom. The Bertz CT molecular complexity index is 569. The van der Waals surface area contributed by atoms with Crippen LogP contribution in [0.25, 0.3) is 0 Å². The molecule has 0 aromatic heterocycles. The molecule has 0 aliphatic heterocycles. The van der Waals surface area contributed by atoms with E-state index in [0.29, 0.717) is 12.0 Å². The monoisotopic (exact) mass is 376 g/mol. The van der Waals surface area contributed by atoms with Crippen molar-refractivity contribution in [2.45, 2.75) is 85.0 Å². The van der Waals surface area contributed by atoms with Crippen LogP contribution in [0.2, 0.25) is 0 Å². The average molecular weight is 377 g/mol. The highest BCUT2D eigenvalue weighted by molar-refractivity contribution is 6.13. The van der Waals surface area contributed by atoms with Gasteiger partial charge in [0.1, 0.15) is 5.57 Å². The number of carboxylic acids is 2. The number of carbonyl (C=O) groups is 2. The molecule has 27 heavy (non-hydrogen) atoms. The van der Waals surface area contributed by atoms with E-state index in [1.807, 2.05) is 19.1 Å². The molecule has 0 amide bonds. The van der Waals surface area contributed by atoms with Crippen molar-refractivity contribution in [2.24, 2.45) is 11.3 Å². The Balaban J connectivity index is 3.55. The predicted octanol–water partition coefficient (Wildman–Crippen LogP) is 6.14. The third kappa shape index (κ3) is 6.08. The quantitative estimate of drug-likeness (QED) is 0.175. The van der Waals surface area contributed by atoms with Crippen LogP contribution in [0, 0.1) is 11.3 Å². The second-order valence-corrected chi connectivity index (χ2v) is 7.56. The highest BCUT2D eigenvalue weighted by atomic mass is 16.4. The van der Waals surface area contributed by atoms with Crippen LogP contribution in [-0.2, 0) is 9.59 Å². The Hall–Kier alpha value is -1.84. The number of rotatable bonds is 13. The zero-order valence-electron chi connectivity index (χ0n) is 17.2. The zero-order valence-corrected chi connectivity index (χ0v) is 17.2. The molecule has 0 fully saturated rings. The van der Waals surface area contributed by atoms with Crippen molar-refractivity contribution in [3.8, 4) is 0 Å². The second-order valence-electron chi connectivity index (χ2n) is 7.56. The molecule has 0 saturated heterocycles. The normalized spacial score (nSPS) is 21.2. The molecule has 1 aliphatic carbocycles. The second kappa shape index (κ2) is 11.8. The predicted molar refractivity (Wildman–Crippen MR) is 110 cm³/mol. The van der Waals surface area contributed by atoms with Crippen LogP contribution in [-0.4, -0.2) is 22.2 Å². The van der Waals surface area contributed by atoms with E-state index in [4.69, 9.17) is 0 Å². The first kappa shape index (κ1) is 23.2. The topological polar surface area (TPSA) is 74.6 Å². The van der Waals surface area contributed by atoms with Gasteiger partial charge in [-0.05, 0) is 37.2 Å². The maximum Gasteiger partial charge on any atom is 0.343 e. The lowest BCUT2D eigenvalue weighted by Crippen LogP contribution is -2.35. The molecule has 0 spiro atoms. The van der Waals surface area contributed by atoms with Crippen LogP contribution < -0.4 is 0 Å². The van der Waals surface area contributed by atoms with Gasteiger partial charge in [0.05, 0.1) is 0 Å². The summed E-state index contributed by atoms with van der Waals surface area (Å²) in [5, 5.41) is 19.4. The Labute approximate surface area is 164 Å². The third-order valence-electron chi connectivity index (χ3n) is 5.64. The van der Waals surface area contributed by atoms with Gasteiger partial charge < -0.3 is 10.2 Å². The maximum atomic E-state index is 11.9. The van der Waals surface area contributed by atoms with E-state index in [9.17, 15) is 19.8 Å². The highest BCUT2D eigenvalue weighted by Gasteiger charge is 2.42. The van der Waals surface area contributed by atoms with Crippen molar-refractivity contribution in [1.82, 2.24) is 0 Å². The van der Waals surface area contributed by atoms with Crippen molar-refractivity contribution in [2.75, 3.05) is 0 Å². The van der Waals surface area contributed by atoms with E-state index in [0.717, 1.165) is 57.8 Å². The SMILES string of the molecule is CCCCCC1(C(CCCC)=C(C(=O)O)C(=O)O)C=CC=CC1CCCC. The van der Waals surface area contributed by atoms with Gasteiger partial charge in [0, 0.05) is 5.41 Å². The van der Waals surface area contributed by atoms with Crippen LogP contribution in [0.3, 0.4) is 0 Å². The minimum atomic E-state index is -1.32. The van der Waals surface area contributed by atoms with Crippen LogP contribution in [0.5, 0.6) is 0 Å². The van der Waals surface area contributed by atoms with Crippen LogP contribution in [0.1, 0.15) is 85.0 Å². The molecule has 0 bridgehead atoms. The molecule has 152 valence electrons. The van der Waals surface area contributed by atoms with Gasteiger partial charge in [-0.2, -0.15) is 0 Å². The summed E-state index contributed by atoms with van der Waals surface area (Å²) in [6.07, 6.45) is 17.5. The van der Waals surface area contributed by atoms with Gasteiger partial charge in [-0.3, -0.25) is 0 Å². The average Bonchev–Trinajstić information content (AvgIpc) is 2.63. The van der Waals surface area contributed by atoms with Crippen LogP contribution in [0.4, 0.5) is 0 Å². The van der Waals surface area contributed by atoms with Gasteiger partial charge >= 0.3 is 11.9 Å². The van der Waals surface area contributed by atoms with Crippen molar-refractivity contribution >= 4 is 11.9 Å². The van der Waals surface area contributed by atoms with Crippen molar-refractivity contribution < 1.29 is 19.8 Å². The first-order chi connectivity index (χ1) is 12.9. The summed E-state index contributed by atoms with van der Waals surface area (Å²) in [6, 6.07) is 0. The van der Waals surface area contributed by atoms with Crippen LogP contribution >= 0.6 is 0 Å². The summed E-state index contributed by atoms with van der Waals surface area (Å²) < 4.78 is 0. The number of unbranched alkanes of at least 4 members (excludes halogenated alkanes) is 4. The molecule has 0 heterocycles. The zero-order chi connectivity index (χ0) is 20.3. The van der Waals surface area contributed by atoms with E-state index in [2.05, 4.69) is 26.0 Å². The minimum Gasteiger partial charge on any atom is -0.477 e. The molecule has 4 nitrogen and oxygen atoms in total. The van der Waals surface area contributed by atoms with E-state index < -0.39 is 22.9 Å². The molecule has 0 aromatic rings. The molecule has 2 unspecified atom stereocenters. The highest BCUT2D eigenvalue weighted by Crippen LogP contribution is 2.50. The standard InChI is InChI=1S/C23H36O4/c1-4-7-11-16-23(17-12-10-14-18(23)13-8-5-2)19(15-9-6-3)20(21(24)25)22(26)27/h10,12,14,17-18H,4-9,11,13,15-16H2,1-3H3,(H,24,25)(H,26,27). The first-order valence-corrected chi connectivity index (χ1v) is 10.5. The number of carboxylic acid groups (broad SMARTS) is 2. The molecule has 1 aliphatic rings. The van der Waals surface area contributed by atoms with Crippen LogP contribution in [0.15, 0.2) is 35.5 Å². The molecule has 2 atom stereocenters. The maximum absolute atomic E-state index is 11.9. The summed E-state index contributed by atoms with van der Waals surface area (Å²) in [4.78, 5) is 23.8. The third-order valence-corrected chi connectivity index (χ3v) is 5.64. The van der Waals surface area contributed by atoms with Crippen molar-refractivity contribution in [3.05, 3.63) is 35.5 Å². The van der Waals surface area contributed by atoms with Gasteiger partial charge in [-0.25, -0.2) is 9.59 Å². The molecule has 0 saturated carbocycles. The van der Waals surface area contributed by atoms with E-state index >= 15 is 0 Å². The summed E-state index contributed by atoms with van der Waals surface area (Å²) in [5.74, 6) is -2.49. The fourth-order valence-electron chi connectivity index (χ4n) is 4.20. The van der Waals surface area contributed by atoms with Gasteiger partial charge in [-0.15, -0.1) is 0 Å². The summed E-state index contributed by atoms with van der Waals surface area (Å²) in [6.45, 7) is 6.34. The summed E-state index contributed by atoms with van der Waals surface area (Å²) >= 11 is 0. The number of hydrogen-bond donors (Lipinski definition) is 2. The van der Waals surface area contributed by atoms with Crippen molar-refractivity contribution in [1.29, 1.82) is 0 Å². The molecule has 4 heteroatoms. The molecule has 0 aromatic carbocycles. The number of aliphatic carboxylic acids is 2. The Morgan fingerprint density at radius 1 is 0.889 bits per heavy atom. The minimum absolute atomic E-state index is 0.153. The Kier molecular flexibility index (Phi) is 10.1. The lowest BCUT2D eigenvalue weighted by molar-refractivity contribution is -0.140. The smallest absolute Gasteiger partial charge is 0.343 e. The van der Waals surface area contributed by atoms with Gasteiger partial charge in [0.15, 0.2) is 0 Å². The van der Waals surface area contributed by atoms with Gasteiger partial charge in [0.25, 0.3) is 0 Å². The molecular formula is C23H36O4. The Morgan fingerprint density at radius 3 is 2.07 bits per heavy atom. The lowest BCUT2D eigenvalue weighted by Gasteiger charge is -2.42.